The molecule has 5 nitrogen and oxygen atoms in total. The number of rotatable bonds is 5. The SMILES string of the molecule is C=CCOCCO.C=CO.C=COC(C)=O. The Hall–Kier alpha value is -1.59. The second-order valence-corrected chi connectivity index (χ2v) is 2.05. The number of aliphatic hydroxyl groups is 2. The summed E-state index contributed by atoms with van der Waals surface area (Å²) in [6.07, 6.45) is 3.50. The zero-order valence-corrected chi connectivity index (χ0v) is 9.59. The van der Waals surface area contributed by atoms with Gasteiger partial charge in [-0.05, 0) is 0 Å². The number of esters is 1. The van der Waals surface area contributed by atoms with E-state index in [1.807, 2.05) is 0 Å². The summed E-state index contributed by atoms with van der Waals surface area (Å²) in [7, 11) is 0. The van der Waals surface area contributed by atoms with E-state index in [0.717, 1.165) is 12.5 Å². The van der Waals surface area contributed by atoms with Crippen LogP contribution in [0.25, 0.3) is 0 Å². The first kappa shape index (κ1) is 19.9. The summed E-state index contributed by atoms with van der Waals surface area (Å²) in [6.45, 7) is 11.8. The molecular weight excluding hydrogens is 212 g/mol. The molecule has 0 atom stereocenters. The molecule has 0 unspecified atom stereocenters. The zero-order chi connectivity index (χ0) is 13.2. The summed E-state index contributed by atoms with van der Waals surface area (Å²) in [5.41, 5.74) is 0. The Balaban J connectivity index is -0.000000172. The fourth-order valence-electron chi connectivity index (χ4n) is 0.349. The summed E-state index contributed by atoms with van der Waals surface area (Å²) in [4.78, 5) is 9.75. The Kier molecular flexibility index (Phi) is 29.0. The first-order chi connectivity index (χ1) is 7.60. The highest BCUT2D eigenvalue weighted by molar-refractivity contribution is 5.66. The number of ether oxygens (including phenoxy) is 2. The fraction of sp³-hybridized carbons (Fsp3) is 0.364. The normalized spacial score (nSPS) is 7.12. The minimum atomic E-state index is -0.329. The lowest BCUT2D eigenvalue weighted by Crippen LogP contribution is -1.97. The van der Waals surface area contributed by atoms with Gasteiger partial charge in [0.05, 0.1) is 32.3 Å². The molecule has 0 amide bonds. The lowest BCUT2D eigenvalue weighted by atomic mass is 10.7. The minimum Gasteiger partial charge on any atom is -0.516 e. The summed E-state index contributed by atoms with van der Waals surface area (Å²) < 4.78 is 8.93. The van der Waals surface area contributed by atoms with Gasteiger partial charge >= 0.3 is 5.97 Å². The third-order valence-corrected chi connectivity index (χ3v) is 0.721. The maximum absolute atomic E-state index is 9.75. The van der Waals surface area contributed by atoms with E-state index in [2.05, 4.69) is 24.5 Å². The van der Waals surface area contributed by atoms with E-state index in [1.165, 1.54) is 6.92 Å². The number of carbonyl (C=O) groups excluding carboxylic acids is 1. The van der Waals surface area contributed by atoms with Crippen molar-refractivity contribution >= 4 is 5.97 Å². The number of hydrogen-bond donors (Lipinski definition) is 2. The first-order valence-corrected chi connectivity index (χ1v) is 4.43. The quantitative estimate of drug-likeness (QED) is 0.325. The van der Waals surface area contributed by atoms with Gasteiger partial charge in [0.15, 0.2) is 0 Å². The Morgan fingerprint density at radius 1 is 1.38 bits per heavy atom. The van der Waals surface area contributed by atoms with Crippen LogP contribution in [0.2, 0.25) is 0 Å². The van der Waals surface area contributed by atoms with Crippen molar-refractivity contribution in [3.8, 4) is 0 Å². The number of hydrogen-bond acceptors (Lipinski definition) is 5. The van der Waals surface area contributed by atoms with Gasteiger partial charge in [-0.2, -0.15) is 0 Å². The molecule has 0 aliphatic heterocycles. The molecule has 0 spiro atoms. The monoisotopic (exact) mass is 232 g/mol. The summed E-state index contributed by atoms with van der Waals surface area (Å²) in [5.74, 6) is -0.329. The van der Waals surface area contributed by atoms with Crippen molar-refractivity contribution in [3.63, 3.8) is 0 Å². The molecule has 5 heteroatoms. The highest BCUT2D eigenvalue weighted by Crippen LogP contribution is 1.71. The predicted molar refractivity (Wildman–Crippen MR) is 62.9 cm³/mol. The van der Waals surface area contributed by atoms with Gasteiger partial charge in [-0.25, -0.2) is 0 Å². The fourth-order valence-corrected chi connectivity index (χ4v) is 0.349. The maximum atomic E-state index is 9.75. The topological polar surface area (TPSA) is 76.0 Å². The van der Waals surface area contributed by atoms with Crippen molar-refractivity contribution in [3.05, 3.63) is 38.3 Å². The van der Waals surface area contributed by atoms with Gasteiger partial charge < -0.3 is 19.7 Å². The van der Waals surface area contributed by atoms with Gasteiger partial charge in [0.1, 0.15) is 0 Å². The van der Waals surface area contributed by atoms with Crippen molar-refractivity contribution in [2.45, 2.75) is 6.92 Å². The average molecular weight is 232 g/mol. The second-order valence-electron chi connectivity index (χ2n) is 2.05. The van der Waals surface area contributed by atoms with Crippen LogP contribution >= 0.6 is 0 Å². The third-order valence-electron chi connectivity index (χ3n) is 0.721. The minimum absolute atomic E-state index is 0.0911. The van der Waals surface area contributed by atoms with Crippen LogP contribution < -0.4 is 0 Å². The molecule has 0 aliphatic rings. The summed E-state index contributed by atoms with van der Waals surface area (Å²) >= 11 is 0. The van der Waals surface area contributed by atoms with Crippen LogP contribution in [0.5, 0.6) is 0 Å². The Morgan fingerprint density at radius 2 is 1.88 bits per heavy atom. The van der Waals surface area contributed by atoms with Crippen LogP contribution in [-0.2, 0) is 14.3 Å². The summed E-state index contributed by atoms with van der Waals surface area (Å²) in [5, 5.41) is 15.5. The molecule has 0 heterocycles. The molecule has 16 heavy (non-hydrogen) atoms. The second kappa shape index (κ2) is 23.3. The van der Waals surface area contributed by atoms with Gasteiger partial charge in [-0.3, -0.25) is 4.79 Å². The standard InChI is InChI=1S/C5H10O2.C4H6O2.C2H4O/c1-2-4-7-5-3-6;1-3-6-4(2)5;1-2-3/h2,6H,1,3-5H2;3H,1H2,2H3;2-3H,1H2. The Morgan fingerprint density at radius 3 is 2.06 bits per heavy atom. The zero-order valence-electron chi connectivity index (χ0n) is 9.59. The Bertz CT molecular complexity index is 177. The van der Waals surface area contributed by atoms with Gasteiger partial charge in [0.2, 0.25) is 0 Å². The van der Waals surface area contributed by atoms with Gasteiger partial charge in [-0.15, -0.1) is 6.58 Å². The Labute approximate surface area is 96.3 Å². The van der Waals surface area contributed by atoms with Crippen LogP contribution in [0.4, 0.5) is 0 Å². The van der Waals surface area contributed by atoms with Crippen LogP contribution in [0.15, 0.2) is 38.3 Å². The molecule has 0 radical (unpaired) electrons. The lowest BCUT2D eigenvalue weighted by Gasteiger charge is -1.92. The van der Waals surface area contributed by atoms with E-state index >= 15 is 0 Å². The summed E-state index contributed by atoms with van der Waals surface area (Å²) in [6, 6.07) is 0. The van der Waals surface area contributed by atoms with Crippen molar-refractivity contribution < 1.29 is 24.5 Å². The van der Waals surface area contributed by atoms with E-state index in [0.29, 0.717) is 13.2 Å². The maximum Gasteiger partial charge on any atom is 0.307 e. The predicted octanol–water partition coefficient (Wildman–Crippen LogP) is 1.56. The van der Waals surface area contributed by atoms with Crippen molar-refractivity contribution in [2.75, 3.05) is 19.8 Å². The van der Waals surface area contributed by atoms with E-state index in [1.54, 1.807) is 6.08 Å². The number of aliphatic hydroxyl groups excluding tert-OH is 2. The molecule has 0 saturated heterocycles. The van der Waals surface area contributed by atoms with Crippen molar-refractivity contribution in [1.82, 2.24) is 0 Å². The largest absolute Gasteiger partial charge is 0.516 e. The molecule has 0 fully saturated rings. The highest BCUT2D eigenvalue weighted by atomic mass is 16.5. The van der Waals surface area contributed by atoms with Crippen LogP contribution in [0.1, 0.15) is 6.92 Å². The highest BCUT2D eigenvalue weighted by Gasteiger charge is 1.79. The molecule has 0 aromatic carbocycles. The van der Waals surface area contributed by atoms with Crippen LogP contribution in [-0.4, -0.2) is 36.0 Å². The average Bonchev–Trinajstić information content (AvgIpc) is 2.20. The third kappa shape index (κ3) is 55.2. The molecule has 0 aliphatic carbocycles. The van der Waals surface area contributed by atoms with Gasteiger partial charge in [-0.1, -0.05) is 19.2 Å². The molecule has 0 rings (SSSR count). The van der Waals surface area contributed by atoms with Crippen LogP contribution in [0, 0.1) is 0 Å². The lowest BCUT2D eigenvalue weighted by molar-refractivity contribution is -0.135. The van der Waals surface area contributed by atoms with E-state index in [-0.39, 0.29) is 12.6 Å². The van der Waals surface area contributed by atoms with Crippen LogP contribution in [0.3, 0.4) is 0 Å². The van der Waals surface area contributed by atoms with Crippen molar-refractivity contribution in [2.24, 2.45) is 0 Å². The molecular formula is C11H20O5. The van der Waals surface area contributed by atoms with Gasteiger partial charge in [0.25, 0.3) is 0 Å². The van der Waals surface area contributed by atoms with E-state index < -0.39 is 0 Å². The molecule has 0 aromatic rings. The molecule has 0 saturated carbocycles. The van der Waals surface area contributed by atoms with Gasteiger partial charge in [0, 0.05) is 6.92 Å². The first-order valence-electron chi connectivity index (χ1n) is 4.43. The smallest absolute Gasteiger partial charge is 0.307 e. The molecule has 0 bridgehead atoms. The molecule has 0 aromatic heterocycles. The van der Waals surface area contributed by atoms with Crippen molar-refractivity contribution in [1.29, 1.82) is 0 Å². The van der Waals surface area contributed by atoms with E-state index in [4.69, 9.17) is 14.9 Å². The molecule has 2 N–H and O–H groups in total. The number of carbonyl (C=O) groups is 1. The van der Waals surface area contributed by atoms with E-state index in [9.17, 15) is 4.79 Å². The molecule has 94 valence electrons.